The van der Waals surface area contributed by atoms with E-state index in [0.29, 0.717) is 6.04 Å². The monoisotopic (exact) mass is 275 g/mol. The van der Waals surface area contributed by atoms with Crippen LogP contribution in [0.1, 0.15) is 58.4 Å². The van der Waals surface area contributed by atoms with Crippen LogP contribution in [0.15, 0.2) is 24.3 Å². The maximum atomic E-state index is 5.76. The van der Waals surface area contributed by atoms with Crippen molar-refractivity contribution >= 4 is 0 Å². The lowest BCUT2D eigenvalue weighted by Gasteiger charge is -2.31. The van der Waals surface area contributed by atoms with Crippen molar-refractivity contribution in [1.29, 1.82) is 0 Å². The van der Waals surface area contributed by atoms with E-state index >= 15 is 0 Å². The maximum absolute atomic E-state index is 5.76. The van der Waals surface area contributed by atoms with Gasteiger partial charge in [-0.1, -0.05) is 38.3 Å². The normalized spacial score (nSPS) is 23.0. The fourth-order valence-electron chi connectivity index (χ4n) is 3.21. The highest BCUT2D eigenvalue weighted by atomic mass is 16.5. The number of hydrogen-bond donors (Lipinski definition) is 1. The lowest BCUT2D eigenvalue weighted by Crippen LogP contribution is -2.37. The van der Waals surface area contributed by atoms with Crippen LogP contribution in [-0.2, 0) is 6.54 Å². The van der Waals surface area contributed by atoms with Gasteiger partial charge in [-0.3, -0.25) is 0 Å². The van der Waals surface area contributed by atoms with Gasteiger partial charge >= 0.3 is 0 Å². The summed E-state index contributed by atoms with van der Waals surface area (Å²) < 4.78 is 5.76. The Bertz CT molecular complexity index is 402. The average molecular weight is 275 g/mol. The van der Waals surface area contributed by atoms with E-state index in [2.05, 4.69) is 44.3 Å². The largest absolute Gasteiger partial charge is 0.491 e. The van der Waals surface area contributed by atoms with E-state index in [-0.39, 0.29) is 6.10 Å². The molecule has 1 saturated carbocycles. The van der Waals surface area contributed by atoms with Gasteiger partial charge in [0.05, 0.1) is 6.10 Å². The molecular weight excluding hydrogens is 246 g/mol. The zero-order valence-corrected chi connectivity index (χ0v) is 13.2. The third-order valence-corrected chi connectivity index (χ3v) is 4.27. The van der Waals surface area contributed by atoms with E-state index < -0.39 is 0 Å². The standard InChI is InChI=1S/C18H29NO/c1-4-16-9-5-6-11-18(16)19-13-15-8-7-10-17(12-15)20-14(2)3/h7-8,10,12,14,16,18-19H,4-6,9,11,13H2,1-3H3. The van der Waals surface area contributed by atoms with Crippen molar-refractivity contribution in [2.45, 2.75) is 71.6 Å². The smallest absolute Gasteiger partial charge is 0.120 e. The molecule has 1 fully saturated rings. The third-order valence-electron chi connectivity index (χ3n) is 4.27. The minimum Gasteiger partial charge on any atom is -0.491 e. The van der Waals surface area contributed by atoms with Gasteiger partial charge in [0.15, 0.2) is 0 Å². The molecule has 2 atom stereocenters. The molecule has 1 aliphatic carbocycles. The van der Waals surface area contributed by atoms with Crippen LogP contribution in [0.3, 0.4) is 0 Å². The molecule has 1 aromatic carbocycles. The van der Waals surface area contributed by atoms with Crippen LogP contribution < -0.4 is 10.1 Å². The van der Waals surface area contributed by atoms with E-state index in [4.69, 9.17) is 4.74 Å². The molecule has 0 radical (unpaired) electrons. The summed E-state index contributed by atoms with van der Waals surface area (Å²) in [5.41, 5.74) is 1.32. The van der Waals surface area contributed by atoms with Gasteiger partial charge in [0, 0.05) is 12.6 Å². The molecule has 0 saturated heterocycles. The molecule has 0 amide bonds. The topological polar surface area (TPSA) is 21.3 Å². The average Bonchev–Trinajstić information content (AvgIpc) is 2.45. The highest BCUT2D eigenvalue weighted by Crippen LogP contribution is 2.27. The number of hydrogen-bond acceptors (Lipinski definition) is 2. The molecule has 112 valence electrons. The minimum atomic E-state index is 0.237. The second kappa shape index (κ2) is 7.68. The first-order valence-electron chi connectivity index (χ1n) is 8.18. The molecule has 0 spiro atoms. The molecule has 2 rings (SSSR count). The van der Waals surface area contributed by atoms with E-state index in [1.165, 1.54) is 37.7 Å². The number of ether oxygens (including phenoxy) is 1. The molecule has 20 heavy (non-hydrogen) atoms. The van der Waals surface area contributed by atoms with Crippen molar-refractivity contribution in [2.75, 3.05) is 0 Å². The van der Waals surface area contributed by atoms with E-state index in [9.17, 15) is 0 Å². The predicted octanol–water partition coefficient (Wildman–Crippen LogP) is 4.53. The summed E-state index contributed by atoms with van der Waals surface area (Å²) in [5.74, 6) is 1.84. The summed E-state index contributed by atoms with van der Waals surface area (Å²) in [5, 5.41) is 3.76. The molecule has 1 N–H and O–H groups in total. The fourth-order valence-corrected chi connectivity index (χ4v) is 3.21. The Morgan fingerprint density at radius 3 is 2.80 bits per heavy atom. The molecule has 1 aliphatic rings. The SMILES string of the molecule is CCC1CCCCC1NCc1cccc(OC(C)C)c1. The van der Waals surface area contributed by atoms with Gasteiger partial charge < -0.3 is 10.1 Å². The summed E-state index contributed by atoms with van der Waals surface area (Å²) in [6, 6.07) is 9.18. The van der Waals surface area contributed by atoms with Crippen LogP contribution in [0, 0.1) is 5.92 Å². The number of benzene rings is 1. The van der Waals surface area contributed by atoms with Gasteiger partial charge in [-0.15, -0.1) is 0 Å². The van der Waals surface area contributed by atoms with Crippen molar-refractivity contribution in [1.82, 2.24) is 5.32 Å². The molecule has 2 nitrogen and oxygen atoms in total. The summed E-state index contributed by atoms with van der Waals surface area (Å²) in [6.45, 7) is 7.41. The first-order chi connectivity index (χ1) is 9.69. The van der Waals surface area contributed by atoms with Crippen molar-refractivity contribution < 1.29 is 4.74 Å². The van der Waals surface area contributed by atoms with Crippen LogP contribution in [0.2, 0.25) is 0 Å². The number of rotatable bonds is 6. The Kier molecular flexibility index (Phi) is 5.90. The molecule has 0 aliphatic heterocycles. The molecule has 0 heterocycles. The Morgan fingerprint density at radius 1 is 1.25 bits per heavy atom. The molecular formula is C18H29NO. The molecule has 0 aromatic heterocycles. The first-order valence-corrected chi connectivity index (χ1v) is 8.18. The molecule has 2 unspecified atom stereocenters. The van der Waals surface area contributed by atoms with Gasteiger partial charge in [-0.25, -0.2) is 0 Å². The van der Waals surface area contributed by atoms with Gasteiger partial charge in [0.2, 0.25) is 0 Å². The van der Waals surface area contributed by atoms with E-state index in [0.717, 1.165) is 18.2 Å². The van der Waals surface area contributed by atoms with Crippen molar-refractivity contribution in [2.24, 2.45) is 5.92 Å². The lowest BCUT2D eigenvalue weighted by molar-refractivity contribution is 0.241. The summed E-state index contributed by atoms with van der Waals surface area (Å²) in [6.07, 6.45) is 7.06. The van der Waals surface area contributed by atoms with E-state index in [1.807, 2.05) is 6.07 Å². The minimum absolute atomic E-state index is 0.237. The van der Waals surface area contributed by atoms with Crippen molar-refractivity contribution in [3.8, 4) is 5.75 Å². The van der Waals surface area contributed by atoms with Crippen molar-refractivity contribution in [3.63, 3.8) is 0 Å². The Balaban J connectivity index is 1.89. The Morgan fingerprint density at radius 2 is 2.05 bits per heavy atom. The summed E-state index contributed by atoms with van der Waals surface area (Å²) >= 11 is 0. The highest BCUT2D eigenvalue weighted by Gasteiger charge is 2.22. The molecule has 0 bridgehead atoms. The van der Waals surface area contributed by atoms with Crippen molar-refractivity contribution in [3.05, 3.63) is 29.8 Å². The quantitative estimate of drug-likeness (QED) is 0.823. The van der Waals surface area contributed by atoms with Crippen LogP contribution >= 0.6 is 0 Å². The first kappa shape index (κ1) is 15.4. The third kappa shape index (κ3) is 4.52. The second-order valence-corrected chi connectivity index (χ2v) is 6.25. The van der Waals surface area contributed by atoms with Gasteiger partial charge in [-0.2, -0.15) is 0 Å². The predicted molar refractivity (Wildman–Crippen MR) is 85.1 cm³/mol. The number of nitrogens with one attached hydrogen (secondary N) is 1. The van der Waals surface area contributed by atoms with Crippen LogP contribution in [-0.4, -0.2) is 12.1 Å². The van der Waals surface area contributed by atoms with Gasteiger partial charge in [-0.05, 0) is 50.3 Å². The van der Waals surface area contributed by atoms with Crippen LogP contribution in [0.5, 0.6) is 5.75 Å². The van der Waals surface area contributed by atoms with Crippen LogP contribution in [0.25, 0.3) is 0 Å². The Labute approximate surface area is 123 Å². The molecule has 2 heteroatoms. The zero-order chi connectivity index (χ0) is 14.4. The highest BCUT2D eigenvalue weighted by molar-refractivity contribution is 5.28. The van der Waals surface area contributed by atoms with Gasteiger partial charge in [0.1, 0.15) is 5.75 Å². The summed E-state index contributed by atoms with van der Waals surface area (Å²) in [7, 11) is 0. The summed E-state index contributed by atoms with van der Waals surface area (Å²) in [4.78, 5) is 0. The van der Waals surface area contributed by atoms with Gasteiger partial charge in [0.25, 0.3) is 0 Å². The Hall–Kier alpha value is -1.02. The van der Waals surface area contributed by atoms with E-state index in [1.54, 1.807) is 0 Å². The second-order valence-electron chi connectivity index (χ2n) is 6.25. The maximum Gasteiger partial charge on any atom is 0.120 e. The molecule has 1 aromatic rings. The fraction of sp³-hybridized carbons (Fsp3) is 0.667. The van der Waals surface area contributed by atoms with Crippen LogP contribution in [0.4, 0.5) is 0 Å². The zero-order valence-electron chi connectivity index (χ0n) is 13.2. The lowest BCUT2D eigenvalue weighted by atomic mass is 9.83.